The number of hydrogen-bond donors (Lipinski definition) is 2. The highest BCUT2D eigenvalue weighted by Crippen LogP contribution is 2.27. The minimum absolute atomic E-state index is 0.0162. The summed E-state index contributed by atoms with van der Waals surface area (Å²) in [5, 5.41) is 6.62. The van der Waals surface area contributed by atoms with Crippen LogP contribution in [0.3, 0.4) is 0 Å². The molecule has 3 aromatic heterocycles. The first-order valence-electron chi connectivity index (χ1n) is 10.6. The van der Waals surface area contributed by atoms with E-state index in [0.29, 0.717) is 54.4 Å². The van der Waals surface area contributed by atoms with Gasteiger partial charge in [-0.25, -0.2) is 15.0 Å². The molecule has 4 rings (SSSR count). The lowest BCUT2D eigenvalue weighted by molar-refractivity contribution is -0.133. The number of aromatic nitrogens is 3. The van der Waals surface area contributed by atoms with Crippen molar-refractivity contribution < 1.29 is 22.4 Å². The van der Waals surface area contributed by atoms with Crippen LogP contribution in [0.5, 0.6) is 0 Å². The van der Waals surface area contributed by atoms with Crippen LogP contribution >= 0.6 is 0 Å². The molecule has 1 fully saturated rings. The van der Waals surface area contributed by atoms with Gasteiger partial charge in [-0.3, -0.25) is 4.79 Å². The second-order valence-corrected chi connectivity index (χ2v) is 8.06. The second-order valence-electron chi connectivity index (χ2n) is 8.06. The molecule has 1 saturated carbocycles. The van der Waals surface area contributed by atoms with Crippen LogP contribution in [0.15, 0.2) is 35.0 Å². The first kappa shape index (κ1) is 22.2. The van der Waals surface area contributed by atoms with Gasteiger partial charge in [0.25, 0.3) is 0 Å². The average molecular weight is 447 g/mol. The molecule has 2 N–H and O–H groups in total. The molecule has 0 spiro atoms. The van der Waals surface area contributed by atoms with Crippen molar-refractivity contribution >= 4 is 22.6 Å². The number of carbonyl (C=O) groups is 1. The molecule has 10 heteroatoms. The lowest BCUT2D eigenvalue weighted by Gasteiger charge is -2.28. The maximum absolute atomic E-state index is 12.7. The maximum atomic E-state index is 12.7. The van der Waals surface area contributed by atoms with E-state index in [1.165, 1.54) is 0 Å². The molecule has 0 atom stereocenters. The maximum Gasteiger partial charge on any atom is 0.390 e. The van der Waals surface area contributed by atoms with Crippen molar-refractivity contribution in [1.82, 2.24) is 20.3 Å². The van der Waals surface area contributed by atoms with E-state index in [-0.39, 0.29) is 24.4 Å². The van der Waals surface area contributed by atoms with E-state index in [0.717, 1.165) is 5.39 Å². The van der Waals surface area contributed by atoms with Crippen molar-refractivity contribution in [2.45, 2.75) is 51.2 Å². The van der Waals surface area contributed by atoms with Crippen LogP contribution in [0, 0.1) is 12.8 Å². The largest absolute Gasteiger partial charge is 0.439 e. The SMILES string of the molecule is Cc1ncc(-c2ccc3cnc(NC(=O)[C@H]4CC[C@H](NCCC(F)(F)F)CC4)cc3n2)o1. The Balaban J connectivity index is 1.34. The van der Waals surface area contributed by atoms with Crippen molar-refractivity contribution in [1.29, 1.82) is 0 Å². The zero-order valence-electron chi connectivity index (χ0n) is 17.6. The van der Waals surface area contributed by atoms with Crippen LogP contribution < -0.4 is 10.6 Å². The summed E-state index contributed by atoms with van der Waals surface area (Å²) >= 11 is 0. The number of carbonyl (C=O) groups excluding carboxylic acids is 1. The van der Waals surface area contributed by atoms with E-state index >= 15 is 0 Å². The monoisotopic (exact) mass is 447 g/mol. The zero-order chi connectivity index (χ0) is 22.7. The first-order valence-corrected chi connectivity index (χ1v) is 10.6. The molecule has 1 amide bonds. The summed E-state index contributed by atoms with van der Waals surface area (Å²) < 4.78 is 42.4. The fourth-order valence-electron chi connectivity index (χ4n) is 3.91. The number of amides is 1. The quantitative estimate of drug-likeness (QED) is 0.572. The van der Waals surface area contributed by atoms with Crippen molar-refractivity contribution in [2.75, 3.05) is 11.9 Å². The van der Waals surface area contributed by atoms with Gasteiger partial charge in [-0.05, 0) is 37.8 Å². The van der Waals surface area contributed by atoms with Gasteiger partial charge in [-0.1, -0.05) is 0 Å². The number of nitrogens with one attached hydrogen (secondary N) is 2. The number of rotatable bonds is 6. The summed E-state index contributed by atoms with van der Waals surface area (Å²) in [7, 11) is 0. The Labute approximate surface area is 182 Å². The van der Waals surface area contributed by atoms with Crippen LogP contribution in [0.25, 0.3) is 22.4 Å². The normalized spacial score (nSPS) is 19.2. The standard InChI is InChI=1S/C22H24F3N5O2/c1-13-27-12-19(32-13)17-7-4-15-11-28-20(10-18(15)29-17)30-21(31)14-2-5-16(6-3-14)26-9-8-22(23,24)25/h4,7,10-12,14,16,26H,2-3,5-6,8-9H2,1H3,(H,28,30,31)/t14-,16-. The van der Waals surface area contributed by atoms with E-state index in [9.17, 15) is 18.0 Å². The number of alkyl halides is 3. The Kier molecular flexibility index (Phi) is 6.40. The highest BCUT2D eigenvalue weighted by Gasteiger charge is 2.29. The zero-order valence-corrected chi connectivity index (χ0v) is 17.6. The van der Waals surface area contributed by atoms with Gasteiger partial charge < -0.3 is 15.1 Å². The summed E-state index contributed by atoms with van der Waals surface area (Å²) in [5.41, 5.74) is 1.30. The Bertz CT molecular complexity index is 1090. The van der Waals surface area contributed by atoms with Crippen LogP contribution in [-0.2, 0) is 4.79 Å². The molecule has 0 saturated heterocycles. The lowest BCUT2D eigenvalue weighted by Crippen LogP contribution is -2.37. The third-order valence-electron chi connectivity index (χ3n) is 5.64. The molecule has 3 heterocycles. The number of fused-ring (bicyclic) bond motifs is 1. The summed E-state index contributed by atoms with van der Waals surface area (Å²) in [6.07, 6.45) is 0.849. The lowest BCUT2D eigenvalue weighted by atomic mass is 9.85. The fraction of sp³-hybridized carbons (Fsp3) is 0.455. The molecular formula is C22H24F3N5O2. The molecule has 32 heavy (non-hydrogen) atoms. The van der Waals surface area contributed by atoms with Crippen LogP contribution in [-0.4, -0.2) is 39.6 Å². The van der Waals surface area contributed by atoms with E-state index in [1.54, 1.807) is 25.4 Å². The first-order chi connectivity index (χ1) is 15.3. The van der Waals surface area contributed by atoms with Gasteiger partial charge in [-0.2, -0.15) is 13.2 Å². The van der Waals surface area contributed by atoms with Gasteiger partial charge in [-0.15, -0.1) is 0 Å². The third-order valence-corrected chi connectivity index (χ3v) is 5.64. The smallest absolute Gasteiger partial charge is 0.390 e. The van der Waals surface area contributed by atoms with Gasteiger partial charge in [0.2, 0.25) is 5.91 Å². The van der Waals surface area contributed by atoms with Gasteiger partial charge in [0.15, 0.2) is 11.7 Å². The van der Waals surface area contributed by atoms with E-state index in [1.807, 2.05) is 12.1 Å². The van der Waals surface area contributed by atoms with Crippen molar-refractivity contribution in [3.63, 3.8) is 0 Å². The molecule has 0 bridgehead atoms. The number of anilines is 1. The topological polar surface area (TPSA) is 92.9 Å². The fourth-order valence-corrected chi connectivity index (χ4v) is 3.91. The second kappa shape index (κ2) is 9.23. The average Bonchev–Trinajstić information content (AvgIpc) is 3.19. The predicted octanol–water partition coefficient (Wildman–Crippen LogP) is 4.63. The molecule has 0 aromatic carbocycles. The minimum Gasteiger partial charge on any atom is -0.439 e. The molecule has 1 aliphatic rings. The van der Waals surface area contributed by atoms with Gasteiger partial charge in [0.1, 0.15) is 11.5 Å². The predicted molar refractivity (Wildman–Crippen MR) is 113 cm³/mol. The molecular weight excluding hydrogens is 423 g/mol. The molecule has 1 aliphatic carbocycles. The number of hydrogen-bond acceptors (Lipinski definition) is 6. The number of halogens is 3. The molecule has 3 aromatic rings. The number of aryl methyl sites for hydroxylation is 1. The van der Waals surface area contributed by atoms with Crippen molar-refractivity contribution in [2.24, 2.45) is 5.92 Å². The summed E-state index contributed by atoms with van der Waals surface area (Å²) in [5.74, 6) is 1.20. The Morgan fingerprint density at radius 3 is 2.62 bits per heavy atom. The number of oxazole rings is 1. The van der Waals surface area contributed by atoms with Crippen LogP contribution in [0.1, 0.15) is 38.0 Å². The van der Waals surface area contributed by atoms with E-state index < -0.39 is 12.6 Å². The Morgan fingerprint density at radius 1 is 1.16 bits per heavy atom. The summed E-state index contributed by atoms with van der Waals surface area (Å²) in [6, 6.07) is 5.43. The minimum atomic E-state index is -4.15. The van der Waals surface area contributed by atoms with E-state index in [4.69, 9.17) is 4.42 Å². The third kappa shape index (κ3) is 5.61. The molecule has 0 unspecified atom stereocenters. The highest BCUT2D eigenvalue weighted by molar-refractivity contribution is 5.93. The molecule has 170 valence electrons. The molecule has 7 nitrogen and oxygen atoms in total. The molecule has 0 aliphatic heterocycles. The summed E-state index contributed by atoms with van der Waals surface area (Å²) in [4.78, 5) is 25.6. The summed E-state index contributed by atoms with van der Waals surface area (Å²) in [6.45, 7) is 1.67. The van der Waals surface area contributed by atoms with Crippen LogP contribution in [0.4, 0.5) is 19.0 Å². The van der Waals surface area contributed by atoms with E-state index in [2.05, 4.69) is 25.6 Å². The van der Waals surface area contributed by atoms with Crippen LogP contribution in [0.2, 0.25) is 0 Å². The Morgan fingerprint density at radius 2 is 1.94 bits per heavy atom. The van der Waals surface area contributed by atoms with Gasteiger partial charge in [0.05, 0.1) is 18.1 Å². The van der Waals surface area contributed by atoms with Gasteiger partial charge in [0, 0.05) is 43.1 Å². The number of nitrogens with zero attached hydrogens (tertiary/aromatic N) is 3. The molecule has 0 radical (unpaired) electrons. The van der Waals surface area contributed by atoms with Crippen molar-refractivity contribution in [3.05, 3.63) is 36.5 Å². The van der Waals surface area contributed by atoms with Crippen molar-refractivity contribution in [3.8, 4) is 11.5 Å². The van der Waals surface area contributed by atoms with Gasteiger partial charge >= 0.3 is 6.18 Å². The number of pyridine rings is 2. The highest BCUT2D eigenvalue weighted by atomic mass is 19.4. The Hall–Kier alpha value is -3.01.